The second kappa shape index (κ2) is 8.81. The fraction of sp³-hybridized carbons (Fsp3) is 0.227. The van der Waals surface area contributed by atoms with Crippen LogP contribution in [0.1, 0.15) is 25.5 Å². The number of hydrogen-bond acceptors (Lipinski definition) is 7. The van der Waals surface area contributed by atoms with Crippen LogP contribution in [0, 0.1) is 0 Å². The number of benzene rings is 1. The zero-order valence-corrected chi connectivity index (χ0v) is 18.7. The van der Waals surface area contributed by atoms with Crippen molar-refractivity contribution in [3.05, 3.63) is 64.7 Å². The predicted octanol–water partition coefficient (Wildman–Crippen LogP) is 4.12. The molecule has 8 nitrogen and oxygen atoms in total. The van der Waals surface area contributed by atoms with Gasteiger partial charge in [0.25, 0.3) is 11.4 Å². The van der Waals surface area contributed by atoms with Crippen molar-refractivity contribution in [2.24, 2.45) is 0 Å². The molecule has 1 aromatic carbocycles. The Morgan fingerprint density at radius 1 is 1.13 bits per heavy atom. The Balaban J connectivity index is 1.71. The van der Waals surface area contributed by atoms with Gasteiger partial charge >= 0.3 is 0 Å². The molecule has 0 saturated carbocycles. The number of nitrogen functional groups attached to an aromatic ring is 1. The summed E-state index contributed by atoms with van der Waals surface area (Å²) in [5, 5.41) is 9.16. The first-order valence-electron chi connectivity index (χ1n) is 9.80. The third kappa shape index (κ3) is 4.41. The van der Waals surface area contributed by atoms with Crippen LogP contribution in [-0.4, -0.2) is 30.1 Å². The van der Waals surface area contributed by atoms with E-state index in [1.165, 1.54) is 6.07 Å². The minimum atomic E-state index is -0.0777. The van der Waals surface area contributed by atoms with Crippen molar-refractivity contribution in [2.45, 2.75) is 26.3 Å². The maximum Gasteiger partial charge on any atom is 0.270 e. The van der Waals surface area contributed by atoms with Gasteiger partial charge < -0.3 is 14.7 Å². The summed E-state index contributed by atoms with van der Waals surface area (Å²) in [6.45, 7) is 3.89. The molecule has 0 saturated heterocycles. The van der Waals surface area contributed by atoms with E-state index in [0.717, 1.165) is 28.4 Å². The number of halogens is 1. The number of rotatable bonds is 6. The van der Waals surface area contributed by atoms with E-state index in [0.29, 0.717) is 17.3 Å². The SMILES string of the molecule is CC(C)n1cc(-c2cnc(N)c(-c3nnc(-c4cccc(CCBr)c4)o3)n2)ccc1=O. The van der Waals surface area contributed by atoms with Gasteiger partial charge in [0.2, 0.25) is 5.89 Å². The number of nitrogens with zero attached hydrogens (tertiary/aromatic N) is 5. The van der Waals surface area contributed by atoms with Gasteiger partial charge in [-0.2, -0.15) is 0 Å². The average Bonchev–Trinajstić information content (AvgIpc) is 3.25. The summed E-state index contributed by atoms with van der Waals surface area (Å²) in [6.07, 6.45) is 4.21. The number of hydrogen-bond donors (Lipinski definition) is 1. The summed E-state index contributed by atoms with van der Waals surface area (Å²) in [6, 6.07) is 11.2. The van der Waals surface area contributed by atoms with Gasteiger partial charge in [0.05, 0.1) is 11.9 Å². The summed E-state index contributed by atoms with van der Waals surface area (Å²) < 4.78 is 7.51. The fourth-order valence-corrected chi connectivity index (χ4v) is 3.62. The van der Waals surface area contributed by atoms with Gasteiger partial charge in [0.1, 0.15) is 0 Å². The molecule has 0 aliphatic heterocycles. The molecule has 0 unspecified atom stereocenters. The Morgan fingerprint density at radius 3 is 2.71 bits per heavy atom. The van der Waals surface area contributed by atoms with E-state index in [1.54, 1.807) is 23.0 Å². The van der Waals surface area contributed by atoms with E-state index >= 15 is 0 Å². The minimum Gasteiger partial charge on any atom is -0.414 e. The Bertz CT molecular complexity index is 1280. The van der Waals surface area contributed by atoms with Gasteiger partial charge in [-0.15, -0.1) is 10.2 Å². The van der Waals surface area contributed by atoms with Crippen molar-refractivity contribution in [2.75, 3.05) is 11.1 Å². The van der Waals surface area contributed by atoms with Crippen molar-refractivity contribution in [3.8, 4) is 34.3 Å². The van der Waals surface area contributed by atoms with Gasteiger partial charge in [-0.1, -0.05) is 28.1 Å². The standard InChI is InChI=1S/C22H21BrN6O2/c1-13(2)29-12-16(6-7-18(29)30)17-11-25-20(24)19(26-17)22-28-27-21(31-22)15-5-3-4-14(10-15)8-9-23/h3-7,10-13H,8-9H2,1-2H3,(H2,24,25). The zero-order chi connectivity index (χ0) is 22.0. The van der Waals surface area contributed by atoms with Crippen LogP contribution in [0.3, 0.4) is 0 Å². The molecule has 0 radical (unpaired) electrons. The quantitative estimate of drug-likeness (QED) is 0.412. The van der Waals surface area contributed by atoms with Crippen LogP contribution in [-0.2, 0) is 6.42 Å². The summed E-state index contributed by atoms with van der Waals surface area (Å²) in [4.78, 5) is 20.9. The van der Waals surface area contributed by atoms with Crippen molar-refractivity contribution in [3.63, 3.8) is 0 Å². The van der Waals surface area contributed by atoms with Crippen LogP contribution >= 0.6 is 15.9 Å². The lowest BCUT2D eigenvalue weighted by molar-refractivity contribution is 0.578. The van der Waals surface area contributed by atoms with E-state index in [1.807, 2.05) is 38.1 Å². The van der Waals surface area contributed by atoms with Gasteiger partial charge in [-0.3, -0.25) is 4.79 Å². The molecule has 3 heterocycles. The molecular weight excluding hydrogens is 460 g/mol. The van der Waals surface area contributed by atoms with Crippen molar-refractivity contribution in [1.29, 1.82) is 0 Å². The molecular formula is C22H21BrN6O2. The molecule has 31 heavy (non-hydrogen) atoms. The van der Waals surface area contributed by atoms with Gasteiger partial charge in [0.15, 0.2) is 11.5 Å². The van der Waals surface area contributed by atoms with Gasteiger partial charge in [0, 0.05) is 34.8 Å². The van der Waals surface area contributed by atoms with Crippen LogP contribution in [0.5, 0.6) is 0 Å². The Kier molecular flexibility index (Phi) is 5.94. The topological polar surface area (TPSA) is 113 Å². The first kappa shape index (κ1) is 20.9. The van der Waals surface area contributed by atoms with Crippen LogP contribution in [0.2, 0.25) is 0 Å². The Hall–Kier alpha value is -3.33. The first-order chi connectivity index (χ1) is 15.0. The van der Waals surface area contributed by atoms with Crippen LogP contribution in [0.25, 0.3) is 34.3 Å². The highest BCUT2D eigenvalue weighted by Crippen LogP contribution is 2.28. The highest BCUT2D eigenvalue weighted by Gasteiger charge is 2.17. The molecule has 0 amide bonds. The van der Waals surface area contributed by atoms with E-state index in [9.17, 15) is 4.79 Å². The molecule has 4 rings (SSSR count). The predicted molar refractivity (Wildman–Crippen MR) is 123 cm³/mol. The number of alkyl halides is 1. The average molecular weight is 481 g/mol. The molecule has 0 aliphatic carbocycles. The minimum absolute atomic E-state index is 0.0208. The third-order valence-corrected chi connectivity index (χ3v) is 5.17. The molecule has 0 atom stereocenters. The van der Waals surface area contributed by atoms with Crippen LogP contribution in [0.15, 0.2) is 58.0 Å². The first-order valence-corrected chi connectivity index (χ1v) is 10.9. The Morgan fingerprint density at radius 2 is 1.94 bits per heavy atom. The van der Waals surface area contributed by atoms with E-state index in [-0.39, 0.29) is 23.3 Å². The monoisotopic (exact) mass is 480 g/mol. The smallest absolute Gasteiger partial charge is 0.270 e. The second-order valence-corrected chi connectivity index (χ2v) is 8.09. The molecule has 0 fully saturated rings. The largest absolute Gasteiger partial charge is 0.414 e. The number of aryl methyl sites for hydroxylation is 1. The van der Waals surface area contributed by atoms with Crippen LogP contribution in [0.4, 0.5) is 5.82 Å². The number of aromatic nitrogens is 5. The molecule has 3 aromatic heterocycles. The number of nitrogens with two attached hydrogens (primary N) is 1. The normalized spacial score (nSPS) is 11.2. The molecule has 158 valence electrons. The summed E-state index contributed by atoms with van der Waals surface area (Å²) in [5.41, 5.74) is 9.55. The molecule has 2 N–H and O–H groups in total. The van der Waals surface area contributed by atoms with E-state index < -0.39 is 0 Å². The lowest BCUT2D eigenvalue weighted by atomic mass is 10.1. The highest BCUT2D eigenvalue weighted by atomic mass is 79.9. The summed E-state index contributed by atoms with van der Waals surface area (Å²) in [5.74, 6) is 0.750. The number of anilines is 1. The molecule has 0 bridgehead atoms. The zero-order valence-electron chi connectivity index (χ0n) is 17.1. The molecule has 0 spiro atoms. The highest BCUT2D eigenvalue weighted by molar-refractivity contribution is 9.09. The molecule has 9 heteroatoms. The second-order valence-electron chi connectivity index (χ2n) is 7.30. The van der Waals surface area contributed by atoms with Crippen molar-refractivity contribution < 1.29 is 4.42 Å². The fourth-order valence-electron chi connectivity index (χ4n) is 3.16. The van der Waals surface area contributed by atoms with Crippen molar-refractivity contribution in [1.82, 2.24) is 24.7 Å². The van der Waals surface area contributed by atoms with E-state index in [2.05, 4.69) is 36.1 Å². The lowest BCUT2D eigenvalue weighted by Gasteiger charge is -2.11. The number of pyridine rings is 1. The maximum atomic E-state index is 12.1. The molecule has 0 aliphatic rings. The van der Waals surface area contributed by atoms with Gasteiger partial charge in [-0.25, -0.2) is 9.97 Å². The summed E-state index contributed by atoms with van der Waals surface area (Å²) in [7, 11) is 0. The van der Waals surface area contributed by atoms with Crippen LogP contribution < -0.4 is 11.3 Å². The lowest BCUT2D eigenvalue weighted by Crippen LogP contribution is -2.20. The van der Waals surface area contributed by atoms with Crippen molar-refractivity contribution >= 4 is 21.7 Å². The van der Waals surface area contributed by atoms with E-state index in [4.69, 9.17) is 10.2 Å². The summed E-state index contributed by atoms with van der Waals surface area (Å²) >= 11 is 3.45. The maximum absolute atomic E-state index is 12.1. The van der Waals surface area contributed by atoms with Gasteiger partial charge in [-0.05, 0) is 44.0 Å². The third-order valence-electron chi connectivity index (χ3n) is 4.78. The Labute approximate surface area is 187 Å². The molecule has 4 aromatic rings.